The topological polar surface area (TPSA) is 68.0 Å². The predicted molar refractivity (Wildman–Crippen MR) is 101 cm³/mol. The number of carbonyl (C=O) groups excluding carboxylic acids is 1. The molecule has 0 aliphatic rings. The minimum Gasteiger partial charge on any atom is -0.407 e. The molecule has 0 radical (unpaired) electrons. The van der Waals surface area contributed by atoms with Crippen LogP contribution in [0.5, 0.6) is 0 Å². The summed E-state index contributed by atoms with van der Waals surface area (Å²) >= 11 is 0. The van der Waals surface area contributed by atoms with E-state index in [0.29, 0.717) is 12.3 Å². The van der Waals surface area contributed by atoms with Crippen LogP contribution >= 0.6 is 0 Å². The molecule has 26 heavy (non-hydrogen) atoms. The van der Waals surface area contributed by atoms with Crippen LogP contribution in [0.3, 0.4) is 0 Å². The molecular weight excluding hydrogens is 326 g/mol. The first-order chi connectivity index (χ1) is 12.5. The minimum atomic E-state index is -0.167. The fourth-order valence-electron chi connectivity index (χ4n) is 2.82. The first-order valence-electron chi connectivity index (χ1n) is 8.79. The number of hydrogen-bond acceptors (Lipinski definition) is 4. The summed E-state index contributed by atoms with van der Waals surface area (Å²) < 4.78 is 5.55. The van der Waals surface area contributed by atoms with Crippen LogP contribution in [0.4, 0.5) is 6.01 Å². The van der Waals surface area contributed by atoms with Crippen LogP contribution in [0.15, 0.2) is 46.9 Å². The molecule has 0 spiro atoms. The highest BCUT2D eigenvalue weighted by Gasteiger charge is 2.12. The molecule has 0 atom stereocenters. The number of hydrogen-bond donors (Lipinski definition) is 1. The van der Waals surface area contributed by atoms with Crippen molar-refractivity contribution < 1.29 is 9.21 Å². The lowest BCUT2D eigenvalue weighted by Crippen LogP contribution is -2.15. The second kappa shape index (κ2) is 7.95. The third-order valence-electron chi connectivity index (χ3n) is 4.35. The predicted octanol–water partition coefficient (Wildman–Crippen LogP) is 4.02. The maximum absolute atomic E-state index is 12.2. The Kier molecular flexibility index (Phi) is 5.46. The number of amides is 1. The molecule has 0 saturated heterocycles. The zero-order chi connectivity index (χ0) is 18.5. The molecule has 5 heteroatoms. The Hall–Kier alpha value is -2.95. The smallest absolute Gasteiger partial charge is 0.322 e. The second-order valence-corrected chi connectivity index (χ2v) is 6.50. The van der Waals surface area contributed by atoms with Crippen molar-refractivity contribution in [2.24, 2.45) is 0 Å². The van der Waals surface area contributed by atoms with Crippen molar-refractivity contribution >= 4 is 11.9 Å². The number of aromatic nitrogens is 2. The average molecular weight is 349 g/mol. The molecule has 134 valence electrons. The first-order valence-corrected chi connectivity index (χ1v) is 8.79. The van der Waals surface area contributed by atoms with Crippen LogP contribution < -0.4 is 5.32 Å². The van der Waals surface area contributed by atoms with Gasteiger partial charge in [-0.25, -0.2) is 0 Å². The molecule has 1 amide bonds. The largest absolute Gasteiger partial charge is 0.407 e. The Morgan fingerprint density at radius 2 is 1.77 bits per heavy atom. The van der Waals surface area contributed by atoms with Gasteiger partial charge in [0.25, 0.3) is 0 Å². The first kappa shape index (κ1) is 17.9. The lowest BCUT2D eigenvalue weighted by Gasteiger charge is -2.06. The lowest BCUT2D eigenvalue weighted by molar-refractivity contribution is -0.115. The van der Waals surface area contributed by atoms with E-state index in [1.807, 2.05) is 26.0 Å². The van der Waals surface area contributed by atoms with Crippen molar-refractivity contribution in [2.75, 3.05) is 5.32 Å². The van der Waals surface area contributed by atoms with Gasteiger partial charge in [0, 0.05) is 0 Å². The van der Waals surface area contributed by atoms with E-state index in [-0.39, 0.29) is 18.3 Å². The summed E-state index contributed by atoms with van der Waals surface area (Å²) in [4.78, 5) is 12.2. The van der Waals surface area contributed by atoms with Crippen LogP contribution in [-0.4, -0.2) is 16.1 Å². The van der Waals surface area contributed by atoms with Crippen molar-refractivity contribution in [1.82, 2.24) is 10.2 Å². The molecule has 5 nitrogen and oxygen atoms in total. The standard InChI is InChI=1S/C21H23N3O2/c1-4-16-6-8-17(9-7-16)12-20-23-24-21(26-20)22-19(25)13-18-10-5-14(2)11-15(18)3/h5-11H,4,12-13H2,1-3H3,(H,22,24,25). The number of nitrogens with one attached hydrogen (secondary N) is 1. The molecule has 0 bridgehead atoms. The highest BCUT2D eigenvalue weighted by atomic mass is 16.4. The van der Waals surface area contributed by atoms with E-state index in [0.717, 1.165) is 23.1 Å². The number of carbonyl (C=O) groups is 1. The molecule has 1 heterocycles. The Morgan fingerprint density at radius 3 is 2.46 bits per heavy atom. The van der Waals surface area contributed by atoms with E-state index in [1.54, 1.807) is 0 Å². The van der Waals surface area contributed by atoms with Crippen molar-refractivity contribution in [2.45, 2.75) is 40.0 Å². The zero-order valence-corrected chi connectivity index (χ0v) is 15.4. The number of rotatable bonds is 6. The fraction of sp³-hybridized carbons (Fsp3) is 0.286. The third-order valence-corrected chi connectivity index (χ3v) is 4.35. The molecule has 3 aromatic rings. The Balaban J connectivity index is 1.59. The van der Waals surface area contributed by atoms with Gasteiger partial charge in [-0.1, -0.05) is 60.1 Å². The monoisotopic (exact) mass is 349 g/mol. The molecule has 0 aliphatic heterocycles. The maximum Gasteiger partial charge on any atom is 0.322 e. The van der Waals surface area contributed by atoms with Crippen molar-refractivity contribution in [3.63, 3.8) is 0 Å². The van der Waals surface area contributed by atoms with Gasteiger partial charge in [-0.2, -0.15) is 0 Å². The average Bonchev–Trinajstić information content (AvgIpc) is 3.05. The van der Waals surface area contributed by atoms with E-state index in [2.05, 4.69) is 52.8 Å². The van der Waals surface area contributed by atoms with E-state index in [9.17, 15) is 4.79 Å². The van der Waals surface area contributed by atoms with E-state index < -0.39 is 0 Å². The minimum absolute atomic E-state index is 0.139. The molecule has 3 rings (SSSR count). The summed E-state index contributed by atoms with van der Waals surface area (Å²) in [5.74, 6) is 0.315. The van der Waals surface area contributed by atoms with E-state index >= 15 is 0 Å². The van der Waals surface area contributed by atoms with Crippen LogP contribution in [0.1, 0.15) is 40.6 Å². The Morgan fingerprint density at radius 1 is 1.04 bits per heavy atom. The third kappa shape index (κ3) is 4.57. The van der Waals surface area contributed by atoms with E-state index in [1.165, 1.54) is 11.1 Å². The SMILES string of the molecule is CCc1ccc(Cc2nnc(NC(=O)Cc3ccc(C)cc3C)o2)cc1. The summed E-state index contributed by atoms with van der Waals surface area (Å²) in [6.45, 7) is 6.16. The number of anilines is 1. The molecule has 0 fully saturated rings. The summed E-state index contributed by atoms with van der Waals surface area (Å²) in [7, 11) is 0. The van der Waals surface area contributed by atoms with Crippen LogP contribution in [-0.2, 0) is 24.1 Å². The molecule has 0 aliphatic carbocycles. The summed E-state index contributed by atoms with van der Waals surface area (Å²) in [5.41, 5.74) is 5.66. The Labute approximate surface area is 153 Å². The summed E-state index contributed by atoms with van der Waals surface area (Å²) in [6.07, 6.45) is 1.84. The van der Waals surface area contributed by atoms with Gasteiger partial charge in [0.2, 0.25) is 11.8 Å². The van der Waals surface area contributed by atoms with Crippen molar-refractivity contribution in [1.29, 1.82) is 0 Å². The molecule has 2 aromatic carbocycles. The Bertz CT molecular complexity index is 898. The molecule has 1 N–H and O–H groups in total. The van der Waals surface area contributed by atoms with Gasteiger partial charge in [-0.15, -0.1) is 5.10 Å². The highest BCUT2D eigenvalue weighted by Crippen LogP contribution is 2.14. The van der Waals surface area contributed by atoms with Crippen molar-refractivity contribution in [3.8, 4) is 0 Å². The van der Waals surface area contributed by atoms with E-state index in [4.69, 9.17) is 4.42 Å². The van der Waals surface area contributed by atoms with Crippen molar-refractivity contribution in [3.05, 3.63) is 76.2 Å². The second-order valence-electron chi connectivity index (χ2n) is 6.50. The van der Waals surface area contributed by atoms with Crippen LogP contribution in [0.2, 0.25) is 0 Å². The maximum atomic E-state index is 12.2. The lowest BCUT2D eigenvalue weighted by atomic mass is 10.0. The van der Waals surface area contributed by atoms with Gasteiger partial charge in [0.15, 0.2) is 0 Å². The van der Waals surface area contributed by atoms with Crippen LogP contribution in [0.25, 0.3) is 0 Å². The number of benzene rings is 2. The molecule has 0 saturated carbocycles. The number of aryl methyl sites for hydroxylation is 3. The zero-order valence-electron chi connectivity index (χ0n) is 15.4. The normalized spacial score (nSPS) is 10.7. The van der Waals surface area contributed by atoms with Gasteiger partial charge in [0.1, 0.15) is 0 Å². The highest BCUT2D eigenvalue weighted by molar-refractivity contribution is 5.90. The van der Waals surface area contributed by atoms with Crippen LogP contribution in [0, 0.1) is 13.8 Å². The number of nitrogens with zero attached hydrogens (tertiary/aromatic N) is 2. The van der Waals surface area contributed by atoms with Gasteiger partial charge in [-0.05, 0) is 42.5 Å². The summed E-state index contributed by atoms with van der Waals surface area (Å²) in [5, 5.41) is 10.6. The fourth-order valence-corrected chi connectivity index (χ4v) is 2.82. The van der Waals surface area contributed by atoms with Gasteiger partial charge >= 0.3 is 6.01 Å². The quantitative estimate of drug-likeness (QED) is 0.730. The molecule has 0 unspecified atom stereocenters. The summed E-state index contributed by atoms with van der Waals surface area (Å²) in [6, 6.07) is 14.5. The molecule has 1 aromatic heterocycles. The van der Waals surface area contributed by atoms with Gasteiger partial charge in [0.05, 0.1) is 12.8 Å². The van der Waals surface area contributed by atoms with Gasteiger partial charge < -0.3 is 4.42 Å². The molecular formula is C21H23N3O2. The van der Waals surface area contributed by atoms with Gasteiger partial charge in [-0.3, -0.25) is 10.1 Å².